The van der Waals surface area contributed by atoms with Gasteiger partial charge in [-0.1, -0.05) is 20.8 Å². The Balaban J connectivity index is 2.49. The first-order valence-electron chi connectivity index (χ1n) is 5.91. The Morgan fingerprint density at radius 3 is 2.62 bits per heavy atom. The zero-order valence-electron chi connectivity index (χ0n) is 10.7. The number of nitrogens with one attached hydrogen (secondary N) is 1. The molecule has 0 aromatic carbocycles. The molecule has 0 radical (unpaired) electrons. The fraction of sp³-hybridized carbons (Fsp3) is 0.692. The minimum Gasteiger partial charge on any atom is -0.464 e. The fourth-order valence-electron chi connectivity index (χ4n) is 1.40. The molecular weight excluding hydrogens is 202 g/mol. The van der Waals surface area contributed by atoms with E-state index in [-0.39, 0.29) is 18.1 Å². The van der Waals surface area contributed by atoms with Gasteiger partial charge in [-0.15, -0.1) is 0 Å². The quantitative estimate of drug-likeness (QED) is 0.782. The highest BCUT2D eigenvalue weighted by Gasteiger charge is 2.18. The molecule has 0 aliphatic carbocycles. The van der Waals surface area contributed by atoms with E-state index >= 15 is 0 Å². The van der Waals surface area contributed by atoms with E-state index < -0.39 is 0 Å². The van der Waals surface area contributed by atoms with Gasteiger partial charge in [0.1, 0.15) is 11.5 Å². The third-order valence-electron chi connectivity index (χ3n) is 2.77. The lowest BCUT2D eigenvalue weighted by atomic mass is 9.94. The summed E-state index contributed by atoms with van der Waals surface area (Å²) in [5.41, 5.74) is -0.0889. The Bertz CT molecular complexity index is 317. The molecule has 1 heterocycles. The molecule has 0 saturated heterocycles. The van der Waals surface area contributed by atoms with Gasteiger partial charge in [0.25, 0.3) is 0 Å². The van der Waals surface area contributed by atoms with Gasteiger partial charge in [-0.05, 0) is 19.1 Å². The van der Waals surface area contributed by atoms with E-state index in [0.29, 0.717) is 0 Å². The summed E-state index contributed by atoms with van der Waals surface area (Å²) in [6.45, 7) is 9.18. The predicted octanol–water partition coefficient (Wildman–Crippen LogP) is 2.51. The summed E-state index contributed by atoms with van der Waals surface area (Å²) in [5.74, 6) is 1.98. The van der Waals surface area contributed by atoms with Crippen molar-refractivity contribution >= 4 is 0 Å². The smallest absolute Gasteiger partial charge is 0.120 e. The molecule has 3 heteroatoms. The SMILES string of the molecule is CCc1ccc(C(C)NCC(C)(C)CO)o1. The van der Waals surface area contributed by atoms with Gasteiger partial charge in [-0.25, -0.2) is 0 Å². The second-order valence-corrected chi connectivity index (χ2v) is 5.08. The van der Waals surface area contributed by atoms with Crippen molar-refractivity contribution in [3.05, 3.63) is 23.7 Å². The highest BCUT2D eigenvalue weighted by molar-refractivity contribution is 5.10. The molecular formula is C13H23NO2. The Morgan fingerprint density at radius 1 is 1.44 bits per heavy atom. The van der Waals surface area contributed by atoms with Crippen LogP contribution in [0.2, 0.25) is 0 Å². The van der Waals surface area contributed by atoms with E-state index in [0.717, 1.165) is 24.5 Å². The van der Waals surface area contributed by atoms with Crippen LogP contribution < -0.4 is 5.32 Å². The van der Waals surface area contributed by atoms with Crippen LogP contribution in [0, 0.1) is 5.41 Å². The lowest BCUT2D eigenvalue weighted by Gasteiger charge is -2.24. The number of hydrogen-bond donors (Lipinski definition) is 2. The van der Waals surface area contributed by atoms with Crippen LogP contribution in [0.25, 0.3) is 0 Å². The molecule has 0 bridgehead atoms. The predicted molar refractivity (Wildman–Crippen MR) is 65.4 cm³/mol. The number of furan rings is 1. The van der Waals surface area contributed by atoms with Crippen molar-refractivity contribution in [1.82, 2.24) is 5.32 Å². The average Bonchev–Trinajstić information content (AvgIpc) is 2.74. The third kappa shape index (κ3) is 3.65. The van der Waals surface area contributed by atoms with Crippen LogP contribution in [0.4, 0.5) is 0 Å². The van der Waals surface area contributed by atoms with Crippen LogP contribution in [0.15, 0.2) is 16.5 Å². The van der Waals surface area contributed by atoms with E-state index in [2.05, 4.69) is 19.2 Å². The minimum absolute atomic E-state index is 0.0889. The Morgan fingerprint density at radius 2 is 2.12 bits per heavy atom. The van der Waals surface area contributed by atoms with E-state index in [1.165, 1.54) is 0 Å². The van der Waals surface area contributed by atoms with Crippen LogP contribution >= 0.6 is 0 Å². The molecule has 0 aliphatic rings. The largest absolute Gasteiger partial charge is 0.464 e. The molecule has 16 heavy (non-hydrogen) atoms. The summed E-state index contributed by atoms with van der Waals surface area (Å²) < 4.78 is 5.67. The van der Waals surface area contributed by atoms with Crippen molar-refractivity contribution in [3.8, 4) is 0 Å². The molecule has 1 rings (SSSR count). The maximum atomic E-state index is 9.16. The van der Waals surface area contributed by atoms with Gasteiger partial charge in [-0.2, -0.15) is 0 Å². The first kappa shape index (κ1) is 13.3. The van der Waals surface area contributed by atoms with Crippen molar-refractivity contribution in [1.29, 1.82) is 0 Å². The van der Waals surface area contributed by atoms with Crippen molar-refractivity contribution in [3.63, 3.8) is 0 Å². The lowest BCUT2D eigenvalue weighted by molar-refractivity contribution is 0.152. The standard InChI is InChI=1S/C13H23NO2/c1-5-11-6-7-12(16-11)10(2)14-8-13(3,4)9-15/h6-7,10,14-15H,5,8-9H2,1-4H3. The summed E-state index contributed by atoms with van der Waals surface area (Å²) in [7, 11) is 0. The molecule has 1 aromatic heterocycles. The lowest BCUT2D eigenvalue weighted by Crippen LogP contribution is -2.33. The van der Waals surface area contributed by atoms with Gasteiger partial charge in [0, 0.05) is 25.0 Å². The zero-order chi connectivity index (χ0) is 12.2. The maximum absolute atomic E-state index is 9.16. The number of aliphatic hydroxyl groups is 1. The number of rotatable bonds is 6. The van der Waals surface area contributed by atoms with Crippen molar-refractivity contribution in [2.75, 3.05) is 13.2 Å². The normalized spacial score (nSPS) is 14.1. The monoisotopic (exact) mass is 225 g/mol. The van der Waals surface area contributed by atoms with Crippen LogP contribution in [0.5, 0.6) is 0 Å². The van der Waals surface area contributed by atoms with Gasteiger partial charge < -0.3 is 14.8 Å². The molecule has 0 saturated carbocycles. The number of aryl methyl sites for hydroxylation is 1. The van der Waals surface area contributed by atoms with E-state index in [1.54, 1.807) is 0 Å². The molecule has 2 N–H and O–H groups in total. The second kappa shape index (κ2) is 5.51. The Kier molecular flexibility index (Phi) is 4.56. The molecule has 92 valence electrons. The van der Waals surface area contributed by atoms with E-state index in [4.69, 9.17) is 9.52 Å². The number of aliphatic hydroxyl groups excluding tert-OH is 1. The highest BCUT2D eigenvalue weighted by atomic mass is 16.3. The molecule has 1 unspecified atom stereocenters. The first-order chi connectivity index (χ1) is 7.48. The molecule has 0 amide bonds. The Hall–Kier alpha value is -0.800. The van der Waals surface area contributed by atoms with Gasteiger partial charge in [-0.3, -0.25) is 0 Å². The van der Waals surface area contributed by atoms with E-state index in [1.807, 2.05) is 26.0 Å². The molecule has 1 aromatic rings. The van der Waals surface area contributed by atoms with Crippen molar-refractivity contribution in [2.24, 2.45) is 5.41 Å². The molecule has 1 atom stereocenters. The topological polar surface area (TPSA) is 45.4 Å². The molecule has 0 aliphatic heterocycles. The summed E-state index contributed by atoms with van der Waals surface area (Å²) in [4.78, 5) is 0. The van der Waals surface area contributed by atoms with Gasteiger partial charge in [0.15, 0.2) is 0 Å². The summed E-state index contributed by atoms with van der Waals surface area (Å²) >= 11 is 0. The summed E-state index contributed by atoms with van der Waals surface area (Å²) in [5, 5.41) is 12.5. The zero-order valence-corrected chi connectivity index (χ0v) is 10.7. The Labute approximate surface area is 97.9 Å². The van der Waals surface area contributed by atoms with Crippen LogP contribution in [-0.2, 0) is 6.42 Å². The number of hydrogen-bond acceptors (Lipinski definition) is 3. The second-order valence-electron chi connectivity index (χ2n) is 5.08. The first-order valence-corrected chi connectivity index (χ1v) is 5.91. The van der Waals surface area contributed by atoms with Crippen molar-refractivity contribution < 1.29 is 9.52 Å². The summed E-state index contributed by atoms with van der Waals surface area (Å²) in [6.07, 6.45) is 0.925. The maximum Gasteiger partial charge on any atom is 0.120 e. The van der Waals surface area contributed by atoms with Gasteiger partial charge >= 0.3 is 0 Å². The average molecular weight is 225 g/mol. The highest BCUT2D eigenvalue weighted by Crippen LogP contribution is 2.19. The summed E-state index contributed by atoms with van der Waals surface area (Å²) in [6, 6.07) is 4.22. The molecule has 0 fully saturated rings. The van der Waals surface area contributed by atoms with Crippen LogP contribution in [-0.4, -0.2) is 18.3 Å². The van der Waals surface area contributed by atoms with E-state index in [9.17, 15) is 0 Å². The van der Waals surface area contributed by atoms with Crippen molar-refractivity contribution in [2.45, 2.75) is 40.2 Å². The molecule has 0 spiro atoms. The molecule has 3 nitrogen and oxygen atoms in total. The third-order valence-corrected chi connectivity index (χ3v) is 2.77. The van der Waals surface area contributed by atoms with Crippen LogP contribution in [0.3, 0.4) is 0 Å². The minimum atomic E-state index is -0.0889. The fourth-order valence-corrected chi connectivity index (χ4v) is 1.40. The van der Waals surface area contributed by atoms with Gasteiger partial charge in [0.05, 0.1) is 6.04 Å². The van der Waals surface area contributed by atoms with Crippen LogP contribution in [0.1, 0.15) is 45.3 Å². The van der Waals surface area contributed by atoms with Gasteiger partial charge in [0.2, 0.25) is 0 Å².